The zero-order valence-corrected chi connectivity index (χ0v) is 69.4. The molecule has 0 aliphatic rings. The molecule has 0 radical (unpaired) electrons. The molecule has 0 spiro atoms. The van der Waals surface area contributed by atoms with E-state index in [4.69, 9.17) is 34.7 Å². The Labute approximate surface area is 636 Å². The van der Waals surface area contributed by atoms with Gasteiger partial charge in [-0.3, -0.25) is 0 Å². The van der Waals surface area contributed by atoms with Gasteiger partial charge in [-0.25, -0.2) is 0 Å². The topological polar surface area (TPSA) is 149 Å². The normalized spacial score (nSPS) is 13.4. The molecule has 9 nitrogen and oxygen atoms in total. The van der Waals surface area contributed by atoms with Crippen LogP contribution in [0.4, 0.5) is 0 Å². The van der Waals surface area contributed by atoms with Crippen molar-refractivity contribution >= 4 is 0 Å². The summed E-state index contributed by atoms with van der Waals surface area (Å²) in [5, 5.41) is 46.4. The van der Waals surface area contributed by atoms with Crippen LogP contribution in [0.3, 0.4) is 0 Å². The molecule has 0 aliphatic carbocycles. The van der Waals surface area contributed by atoms with E-state index in [1.165, 1.54) is 117 Å². The van der Waals surface area contributed by atoms with E-state index in [0.29, 0.717) is 58.8 Å². The van der Waals surface area contributed by atoms with Crippen LogP contribution in [0.5, 0.6) is 34.5 Å². The number of phenols is 2. The van der Waals surface area contributed by atoms with Gasteiger partial charge in [0.15, 0.2) is 23.0 Å². The smallest absolute Gasteiger partial charge is 0.163 e. The summed E-state index contributed by atoms with van der Waals surface area (Å²) in [6, 6.07) is 52.7. The molecule has 0 aliphatic heterocycles. The molecular weight excluding hydrogens is 1280 g/mol. The summed E-state index contributed by atoms with van der Waals surface area (Å²) in [6.07, 6.45) is 25.2. The molecule has 0 saturated heterocycles. The van der Waals surface area contributed by atoms with Crippen LogP contribution in [0.25, 0.3) is 0 Å². The van der Waals surface area contributed by atoms with E-state index in [1.807, 2.05) is 64.1 Å². The second kappa shape index (κ2) is 56.0. The molecule has 0 fully saturated rings. The van der Waals surface area contributed by atoms with Crippen molar-refractivity contribution in [1.29, 1.82) is 15.8 Å². The van der Waals surface area contributed by atoms with Crippen LogP contribution in [0.1, 0.15) is 301 Å². The van der Waals surface area contributed by atoms with Crippen molar-refractivity contribution in [3.05, 3.63) is 178 Å². The maximum absolute atomic E-state index is 9.76. The number of rotatable bonds is 38. The average Bonchev–Trinajstić information content (AvgIpc) is 0.850. The number of hydrogen-bond acceptors (Lipinski definition) is 9. The van der Waals surface area contributed by atoms with Gasteiger partial charge >= 0.3 is 0 Å². The summed E-state index contributed by atoms with van der Waals surface area (Å²) < 4.78 is 21.1. The first-order chi connectivity index (χ1) is 49.8. The Balaban J connectivity index is 0.000000626. The molecule has 0 bridgehead atoms. The van der Waals surface area contributed by atoms with Crippen LogP contribution in [-0.2, 0) is 12.8 Å². The minimum atomic E-state index is 0.0913. The van der Waals surface area contributed by atoms with Crippen LogP contribution < -0.4 is 18.9 Å². The molecule has 0 amide bonds. The third-order valence-corrected chi connectivity index (χ3v) is 20.5. The monoisotopic (exact) mass is 1420 g/mol. The van der Waals surface area contributed by atoms with Gasteiger partial charge in [0.1, 0.15) is 11.5 Å². The van der Waals surface area contributed by atoms with Crippen molar-refractivity contribution in [1.82, 2.24) is 0 Å². The first kappa shape index (κ1) is 94.6. The number of unbranched alkanes of at least 4 members (excludes halogenated alkanes) is 7. The molecule has 9 atom stereocenters. The number of aromatic hydroxyl groups is 2. The van der Waals surface area contributed by atoms with Gasteiger partial charge in [-0.1, -0.05) is 271 Å². The third-order valence-electron chi connectivity index (χ3n) is 20.5. The quantitative estimate of drug-likeness (QED) is 0.0361. The van der Waals surface area contributed by atoms with Crippen molar-refractivity contribution in [3.8, 4) is 52.7 Å². The molecule has 2 N–H and O–H groups in total. The molecule has 9 unspecified atom stereocenters. The third kappa shape index (κ3) is 37.5. The first-order valence-corrected chi connectivity index (χ1v) is 40.1. The predicted octanol–water partition coefficient (Wildman–Crippen LogP) is 27.4. The number of nitriles is 3. The number of methoxy groups -OCH3 is 4. The summed E-state index contributed by atoms with van der Waals surface area (Å²) in [5.41, 5.74) is 10.1. The highest BCUT2D eigenvalue weighted by Gasteiger charge is 2.22. The SMILES string of the molecule is CC(C#N)CC(c1ccccc1)C(C)C.CCCC(C#N)CCC(C)Cc1ccc(O)c(OC)c1C.CCCCCC(c1cccc(OC)c1)C(C)C.CCCCCC(c1ccccc1)C(C)C.CCCCCCC(C)Cc1ccc(O)c(OC)c1C.COc1cccc(C(CC(C)C#N)C(C)C)c1. The zero-order valence-electron chi connectivity index (χ0n) is 69.4. The average molecular weight is 1430 g/mol. The molecular formula is C95H145N3O6. The van der Waals surface area contributed by atoms with Crippen LogP contribution in [0.2, 0.25) is 0 Å². The van der Waals surface area contributed by atoms with Crippen molar-refractivity contribution in [2.45, 2.75) is 283 Å². The minimum Gasteiger partial charge on any atom is -0.504 e. The largest absolute Gasteiger partial charge is 0.504 e. The lowest BCUT2D eigenvalue weighted by Gasteiger charge is -2.22. The summed E-state index contributed by atoms with van der Waals surface area (Å²) in [5.74, 6) is 9.99. The summed E-state index contributed by atoms with van der Waals surface area (Å²) >= 11 is 0. The predicted molar refractivity (Wildman–Crippen MR) is 443 cm³/mol. The van der Waals surface area contributed by atoms with E-state index in [9.17, 15) is 10.2 Å². The zero-order chi connectivity index (χ0) is 77.9. The van der Waals surface area contributed by atoms with Gasteiger partial charge in [0.25, 0.3) is 0 Å². The minimum absolute atomic E-state index is 0.0913. The lowest BCUT2D eigenvalue weighted by atomic mass is 9.82. The van der Waals surface area contributed by atoms with Gasteiger partial charge in [-0.2, -0.15) is 15.8 Å². The summed E-state index contributed by atoms with van der Waals surface area (Å²) in [4.78, 5) is 0. The Bertz CT molecular complexity index is 3280. The second-order valence-corrected chi connectivity index (χ2v) is 30.8. The van der Waals surface area contributed by atoms with Crippen LogP contribution in [-0.4, -0.2) is 38.7 Å². The molecule has 9 heteroatoms. The number of phenolic OH excluding ortho intramolecular Hbond substituents is 2. The van der Waals surface area contributed by atoms with Crippen molar-refractivity contribution in [3.63, 3.8) is 0 Å². The van der Waals surface area contributed by atoms with E-state index in [1.54, 1.807) is 40.6 Å². The van der Waals surface area contributed by atoms with Gasteiger partial charge in [-0.15, -0.1) is 0 Å². The lowest BCUT2D eigenvalue weighted by Crippen LogP contribution is -2.10. The molecule has 0 saturated carbocycles. The maximum Gasteiger partial charge on any atom is 0.163 e. The Hall–Kier alpha value is -7.41. The number of nitrogens with zero attached hydrogens (tertiary/aromatic N) is 3. The fourth-order valence-electron chi connectivity index (χ4n) is 14.0. The Morgan fingerprint density at radius 1 is 0.346 bits per heavy atom. The standard InChI is InChI=1S/C18H27NO2.C17H28O2.C16H26O.C15H21NO.C15H24.C14H19N/c1-5-6-15(12-19)8-7-13(2)11-16-9-10-17(20)18(21-4)14(16)3;1-5-6-7-8-9-13(2)12-15-10-11-16(18)17(19-4)14(15)3;1-5-6-7-11-16(13(2)3)14-9-8-10-15(12-14)17-4;1-11(2)15(8-12(3)10-16)13-6-5-7-14(9-13)17-4;1-4-5-7-12-15(13(2)3)14-10-8-6-9-11-14;1-11(2)14(9-12(3)10-15)13-7-5-4-6-8-13/h9-10,13,15,20H,5-8,11H2,1-4H3;10-11,13,18H,5-9,12H2,1-4H3;8-10,12-13,16H,5-7,11H2,1-4H3;5-7,9,11-12,15H,8H2,1-4H3;6,8-11,13,15H,4-5,7,12H2,1-3H3;4-8,11-12,14H,9H2,1-3H3. The number of hydrogen-bond donors (Lipinski definition) is 2. The Morgan fingerprint density at radius 3 is 1.07 bits per heavy atom. The second-order valence-electron chi connectivity index (χ2n) is 30.8. The first-order valence-electron chi connectivity index (χ1n) is 40.1. The highest BCUT2D eigenvalue weighted by Crippen LogP contribution is 2.38. The van der Waals surface area contributed by atoms with Crippen LogP contribution >= 0.6 is 0 Å². The van der Waals surface area contributed by atoms with Crippen molar-refractivity contribution < 1.29 is 29.2 Å². The highest BCUT2D eigenvalue weighted by atomic mass is 16.5. The molecule has 6 aromatic rings. The van der Waals surface area contributed by atoms with Crippen LogP contribution in [0, 0.1) is 101 Å². The van der Waals surface area contributed by atoms with Gasteiger partial charge in [0.05, 0.1) is 46.6 Å². The summed E-state index contributed by atoms with van der Waals surface area (Å²) in [7, 11) is 6.61. The Morgan fingerprint density at radius 2 is 0.702 bits per heavy atom. The number of ether oxygens (including phenoxy) is 4. The number of benzene rings is 6. The highest BCUT2D eigenvalue weighted by molar-refractivity contribution is 5.50. The molecule has 6 aromatic carbocycles. The maximum atomic E-state index is 9.76. The van der Waals surface area contributed by atoms with Gasteiger partial charge < -0.3 is 29.2 Å². The molecule has 104 heavy (non-hydrogen) atoms. The van der Waals surface area contributed by atoms with E-state index in [-0.39, 0.29) is 29.3 Å². The van der Waals surface area contributed by atoms with E-state index in [0.717, 1.165) is 85.8 Å². The summed E-state index contributed by atoms with van der Waals surface area (Å²) in [6.45, 7) is 39.6. The van der Waals surface area contributed by atoms with Gasteiger partial charge in [-0.05, 0) is 226 Å². The van der Waals surface area contributed by atoms with E-state index < -0.39 is 0 Å². The molecule has 576 valence electrons. The Kier molecular flexibility index (Phi) is 50.9. The fourth-order valence-corrected chi connectivity index (χ4v) is 14.0. The van der Waals surface area contributed by atoms with Crippen molar-refractivity contribution in [2.24, 2.45) is 53.3 Å². The van der Waals surface area contributed by atoms with E-state index in [2.05, 4.69) is 200 Å². The van der Waals surface area contributed by atoms with Crippen molar-refractivity contribution in [2.75, 3.05) is 28.4 Å². The molecule has 0 aromatic heterocycles. The van der Waals surface area contributed by atoms with Crippen LogP contribution in [0.15, 0.2) is 133 Å². The molecule has 6 rings (SSSR count). The molecule has 0 heterocycles. The lowest BCUT2D eigenvalue weighted by molar-refractivity contribution is 0.369. The van der Waals surface area contributed by atoms with Gasteiger partial charge in [0.2, 0.25) is 0 Å². The van der Waals surface area contributed by atoms with E-state index >= 15 is 0 Å². The van der Waals surface area contributed by atoms with Gasteiger partial charge in [0, 0.05) is 17.8 Å². The fraction of sp³-hybridized carbons (Fsp3) is 0.589.